The number of rotatable bonds is 3. The van der Waals surface area contributed by atoms with Gasteiger partial charge in [0.1, 0.15) is 0 Å². The molecule has 14 heavy (non-hydrogen) atoms. The first-order valence-electron chi connectivity index (χ1n) is 5.09. The number of carbonyl (C=O) groups is 2. The van der Waals surface area contributed by atoms with Crippen LogP contribution in [0.2, 0.25) is 0 Å². The number of hydrogen-bond acceptors (Lipinski definition) is 2. The molecule has 0 aromatic heterocycles. The summed E-state index contributed by atoms with van der Waals surface area (Å²) in [4.78, 5) is 22.5. The quantitative estimate of drug-likeness (QED) is 0.733. The van der Waals surface area contributed by atoms with E-state index in [1.165, 1.54) is 11.9 Å². The standard InChI is InChI=1S/C10H18N2O2/c1-7(2)6-9-4-5-12(10(9)14)11-8(3)13/h7,9H,4-6H2,1-3H3,(H,11,13)/t9-/m1/s1. The maximum absolute atomic E-state index is 11.7. The summed E-state index contributed by atoms with van der Waals surface area (Å²) in [6.07, 6.45) is 1.77. The van der Waals surface area contributed by atoms with Crippen LogP contribution in [0.15, 0.2) is 0 Å². The fourth-order valence-corrected chi connectivity index (χ4v) is 1.83. The lowest BCUT2D eigenvalue weighted by atomic mass is 9.96. The Bertz CT molecular complexity index is 238. The molecule has 1 N–H and O–H groups in total. The van der Waals surface area contributed by atoms with Gasteiger partial charge in [-0.25, -0.2) is 0 Å². The Hall–Kier alpha value is -1.06. The number of nitrogens with zero attached hydrogens (tertiary/aromatic N) is 1. The van der Waals surface area contributed by atoms with Gasteiger partial charge in [-0.3, -0.25) is 20.0 Å². The number of carbonyl (C=O) groups excluding carboxylic acids is 2. The summed E-state index contributed by atoms with van der Waals surface area (Å²) in [5, 5.41) is 1.44. The molecule has 1 heterocycles. The van der Waals surface area contributed by atoms with Crippen LogP contribution in [-0.4, -0.2) is 23.4 Å². The molecule has 1 rings (SSSR count). The summed E-state index contributed by atoms with van der Waals surface area (Å²) in [6.45, 7) is 6.28. The molecule has 0 saturated carbocycles. The zero-order valence-corrected chi connectivity index (χ0v) is 9.04. The summed E-state index contributed by atoms with van der Waals surface area (Å²) < 4.78 is 0. The first-order chi connectivity index (χ1) is 6.50. The minimum absolute atomic E-state index is 0.0638. The molecule has 0 bridgehead atoms. The van der Waals surface area contributed by atoms with Crippen molar-refractivity contribution in [3.05, 3.63) is 0 Å². The van der Waals surface area contributed by atoms with Crippen molar-refractivity contribution in [2.45, 2.75) is 33.6 Å². The fourth-order valence-electron chi connectivity index (χ4n) is 1.83. The molecule has 0 unspecified atom stereocenters. The summed E-state index contributed by atoms with van der Waals surface area (Å²) >= 11 is 0. The predicted octanol–water partition coefficient (Wildman–Crippen LogP) is 0.932. The van der Waals surface area contributed by atoms with Crippen LogP contribution in [0.3, 0.4) is 0 Å². The second-order valence-electron chi connectivity index (χ2n) is 4.27. The molecule has 1 aliphatic heterocycles. The molecule has 0 spiro atoms. The predicted molar refractivity (Wildman–Crippen MR) is 53.1 cm³/mol. The fraction of sp³-hybridized carbons (Fsp3) is 0.800. The van der Waals surface area contributed by atoms with E-state index in [-0.39, 0.29) is 17.7 Å². The first kappa shape index (κ1) is 11.0. The van der Waals surface area contributed by atoms with Crippen molar-refractivity contribution >= 4 is 11.8 Å². The lowest BCUT2D eigenvalue weighted by Crippen LogP contribution is -2.42. The summed E-state index contributed by atoms with van der Waals surface area (Å²) in [5.74, 6) is 0.514. The van der Waals surface area contributed by atoms with Crippen molar-refractivity contribution in [1.82, 2.24) is 10.4 Å². The highest BCUT2D eigenvalue weighted by Gasteiger charge is 2.32. The summed E-state index contributed by atoms with van der Waals surface area (Å²) in [6, 6.07) is 0. The average molecular weight is 198 g/mol. The largest absolute Gasteiger partial charge is 0.274 e. The summed E-state index contributed by atoms with van der Waals surface area (Å²) in [5.41, 5.74) is 2.54. The number of amides is 2. The Balaban J connectivity index is 2.47. The van der Waals surface area contributed by atoms with Gasteiger partial charge in [-0.05, 0) is 18.8 Å². The third-order valence-electron chi connectivity index (χ3n) is 2.36. The normalized spacial score (nSPS) is 21.9. The van der Waals surface area contributed by atoms with Gasteiger partial charge < -0.3 is 0 Å². The van der Waals surface area contributed by atoms with E-state index in [4.69, 9.17) is 0 Å². The number of nitrogens with one attached hydrogen (secondary N) is 1. The zero-order valence-electron chi connectivity index (χ0n) is 9.04. The maximum atomic E-state index is 11.7. The van der Waals surface area contributed by atoms with Crippen LogP contribution in [0.1, 0.15) is 33.6 Å². The third-order valence-corrected chi connectivity index (χ3v) is 2.36. The van der Waals surface area contributed by atoms with Crippen molar-refractivity contribution in [3.8, 4) is 0 Å². The van der Waals surface area contributed by atoms with Gasteiger partial charge in [0.2, 0.25) is 11.8 Å². The molecule has 0 aromatic rings. The molecule has 1 aliphatic rings. The number of hydrogen-bond donors (Lipinski definition) is 1. The van der Waals surface area contributed by atoms with E-state index in [1.54, 1.807) is 0 Å². The van der Waals surface area contributed by atoms with E-state index < -0.39 is 0 Å². The minimum atomic E-state index is -0.177. The molecule has 4 heteroatoms. The topological polar surface area (TPSA) is 49.4 Å². The second kappa shape index (κ2) is 4.44. The van der Waals surface area contributed by atoms with Gasteiger partial charge in [0.05, 0.1) is 0 Å². The van der Waals surface area contributed by atoms with Crippen molar-refractivity contribution in [2.24, 2.45) is 11.8 Å². The van der Waals surface area contributed by atoms with Crippen LogP contribution in [0, 0.1) is 11.8 Å². The SMILES string of the molecule is CC(=O)NN1CC[C@H](CC(C)C)C1=O. The molecule has 1 saturated heterocycles. The third kappa shape index (κ3) is 2.72. The van der Waals surface area contributed by atoms with Crippen LogP contribution in [0.4, 0.5) is 0 Å². The zero-order chi connectivity index (χ0) is 10.7. The van der Waals surface area contributed by atoms with Crippen molar-refractivity contribution < 1.29 is 9.59 Å². The second-order valence-corrected chi connectivity index (χ2v) is 4.27. The van der Waals surface area contributed by atoms with Crippen LogP contribution in [0.25, 0.3) is 0 Å². The van der Waals surface area contributed by atoms with E-state index in [9.17, 15) is 9.59 Å². The van der Waals surface area contributed by atoms with Crippen LogP contribution >= 0.6 is 0 Å². The molecular weight excluding hydrogens is 180 g/mol. The molecule has 1 atom stereocenters. The highest BCUT2D eigenvalue weighted by molar-refractivity contribution is 5.84. The average Bonchev–Trinajstić information content (AvgIpc) is 2.34. The molecule has 0 aromatic carbocycles. The highest BCUT2D eigenvalue weighted by atomic mass is 16.2. The van der Waals surface area contributed by atoms with Crippen molar-refractivity contribution in [3.63, 3.8) is 0 Å². The lowest BCUT2D eigenvalue weighted by molar-refractivity contribution is -0.139. The van der Waals surface area contributed by atoms with Crippen molar-refractivity contribution in [1.29, 1.82) is 0 Å². The molecule has 0 aliphatic carbocycles. The van der Waals surface area contributed by atoms with Gasteiger partial charge in [0.15, 0.2) is 0 Å². The van der Waals surface area contributed by atoms with Crippen LogP contribution in [-0.2, 0) is 9.59 Å². The maximum Gasteiger partial charge on any atom is 0.244 e. The molecular formula is C10H18N2O2. The molecule has 1 fully saturated rings. The van der Waals surface area contributed by atoms with Gasteiger partial charge in [0.25, 0.3) is 0 Å². The highest BCUT2D eigenvalue weighted by Crippen LogP contribution is 2.23. The van der Waals surface area contributed by atoms with Gasteiger partial charge in [-0.1, -0.05) is 13.8 Å². The lowest BCUT2D eigenvalue weighted by Gasteiger charge is -2.17. The first-order valence-corrected chi connectivity index (χ1v) is 5.09. The Morgan fingerprint density at radius 1 is 1.64 bits per heavy atom. The monoisotopic (exact) mass is 198 g/mol. The Morgan fingerprint density at radius 3 is 2.79 bits per heavy atom. The van der Waals surface area contributed by atoms with E-state index in [2.05, 4.69) is 19.3 Å². The molecule has 0 radical (unpaired) electrons. The van der Waals surface area contributed by atoms with Gasteiger partial charge in [-0.2, -0.15) is 0 Å². The van der Waals surface area contributed by atoms with Crippen LogP contribution in [0.5, 0.6) is 0 Å². The van der Waals surface area contributed by atoms with Gasteiger partial charge in [-0.15, -0.1) is 0 Å². The van der Waals surface area contributed by atoms with E-state index in [0.717, 1.165) is 12.8 Å². The number of hydrazine groups is 1. The molecule has 2 amide bonds. The Labute approximate surface area is 84.6 Å². The van der Waals surface area contributed by atoms with Gasteiger partial charge >= 0.3 is 0 Å². The Kier molecular flexibility index (Phi) is 3.49. The molecule has 80 valence electrons. The van der Waals surface area contributed by atoms with E-state index in [1.807, 2.05) is 0 Å². The van der Waals surface area contributed by atoms with E-state index in [0.29, 0.717) is 12.5 Å². The van der Waals surface area contributed by atoms with E-state index >= 15 is 0 Å². The van der Waals surface area contributed by atoms with Crippen molar-refractivity contribution in [2.75, 3.05) is 6.54 Å². The smallest absolute Gasteiger partial charge is 0.244 e. The summed E-state index contributed by atoms with van der Waals surface area (Å²) in [7, 11) is 0. The Morgan fingerprint density at radius 2 is 2.29 bits per heavy atom. The van der Waals surface area contributed by atoms with Crippen LogP contribution < -0.4 is 5.43 Å². The van der Waals surface area contributed by atoms with Gasteiger partial charge in [0, 0.05) is 19.4 Å². The minimum Gasteiger partial charge on any atom is -0.274 e. The molecule has 4 nitrogen and oxygen atoms in total.